The molecule has 0 saturated carbocycles. The predicted octanol–water partition coefficient (Wildman–Crippen LogP) is 1.59. The molecule has 0 aromatic heterocycles. The Labute approximate surface area is 169 Å². The molecule has 4 atom stereocenters. The Morgan fingerprint density at radius 1 is 1.17 bits per heavy atom. The molecular formula is C23H22NO5-. The van der Waals surface area contributed by atoms with Crippen molar-refractivity contribution in [2.75, 3.05) is 6.61 Å². The number of aliphatic hydroxyl groups excluding tert-OH is 1. The van der Waals surface area contributed by atoms with Gasteiger partial charge in [-0.15, -0.1) is 0 Å². The van der Waals surface area contributed by atoms with E-state index in [1.165, 1.54) is 4.90 Å². The fraction of sp³-hybridized carbons (Fsp3) is 0.304. The maximum absolute atomic E-state index is 12.4. The first-order valence-corrected chi connectivity index (χ1v) is 9.64. The first-order valence-electron chi connectivity index (χ1n) is 9.64. The normalized spacial score (nSPS) is 24.2. The molecule has 0 radical (unpaired) electrons. The Bertz CT molecular complexity index is 982. The number of ether oxygens (including phenoxy) is 1. The molecule has 6 nitrogen and oxygen atoms in total. The lowest BCUT2D eigenvalue weighted by atomic mass is 9.78. The highest BCUT2D eigenvalue weighted by atomic mass is 16.5. The number of amides is 1. The molecule has 2 aromatic carbocycles. The van der Waals surface area contributed by atoms with E-state index in [1.54, 1.807) is 6.92 Å². The minimum atomic E-state index is -1.40. The van der Waals surface area contributed by atoms with Gasteiger partial charge in [-0.2, -0.15) is 0 Å². The number of carboxylic acid groups (broad SMARTS) is 1. The van der Waals surface area contributed by atoms with E-state index in [1.807, 2.05) is 61.5 Å². The summed E-state index contributed by atoms with van der Waals surface area (Å²) in [5, 5.41) is 21.6. The number of fused-ring (bicyclic) bond motifs is 1. The number of aliphatic carboxylic acids is 1. The van der Waals surface area contributed by atoms with Crippen molar-refractivity contribution in [1.29, 1.82) is 0 Å². The number of carboxylic acids is 1. The molecule has 2 aliphatic rings. The summed E-state index contributed by atoms with van der Waals surface area (Å²) in [7, 11) is 0. The molecule has 1 saturated heterocycles. The Morgan fingerprint density at radius 2 is 1.86 bits per heavy atom. The van der Waals surface area contributed by atoms with Gasteiger partial charge >= 0.3 is 0 Å². The summed E-state index contributed by atoms with van der Waals surface area (Å²) in [4.78, 5) is 25.4. The highest BCUT2D eigenvalue weighted by Crippen LogP contribution is 2.46. The largest absolute Gasteiger partial charge is 0.543 e. The Hall–Kier alpha value is -3.12. The van der Waals surface area contributed by atoms with Gasteiger partial charge in [0.1, 0.15) is 12.4 Å². The fourth-order valence-corrected chi connectivity index (χ4v) is 4.38. The van der Waals surface area contributed by atoms with Crippen LogP contribution in [-0.4, -0.2) is 40.6 Å². The van der Waals surface area contributed by atoms with Gasteiger partial charge in [-0.3, -0.25) is 4.79 Å². The summed E-state index contributed by atoms with van der Waals surface area (Å²) in [6, 6.07) is 17.1. The molecule has 29 heavy (non-hydrogen) atoms. The first kappa shape index (κ1) is 19.2. The van der Waals surface area contributed by atoms with E-state index in [9.17, 15) is 19.8 Å². The van der Waals surface area contributed by atoms with Gasteiger partial charge in [0.25, 0.3) is 0 Å². The van der Waals surface area contributed by atoms with Crippen molar-refractivity contribution in [3.63, 3.8) is 0 Å². The van der Waals surface area contributed by atoms with Gasteiger partial charge in [-0.1, -0.05) is 49.4 Å². The summed E-state index contributed by atoms with van der Waals surface area (Å²) >= 11 is 0. The molecule has 0 bridgehead atoms. The van der Waals surface area contributed by atoms with E-state index >= 15 is 0 Å². The Morgan fingerprint density at radius 3 is 2.52 bits per heavy atom. The quantitative estimate of drug-likeness (QED) is 0.754. The second-order valence-electron chi connectivity index (χ2n) is 7.60. The summed E-state index contributed by atoms with van der Waals surface area (Å²) in [5.74, 6) is -2.00. The van der Waals surface area contributed by atoms with Crippen LogP contribution in [0.25, 0.3) is 11.1 Å². The number of carbonyl (C=O) groups is 2. The van der Waals surface area contributed by atoms with Gasteiger partial charge in [-0.25, -0.2) is 0 Å². The zero-order valence-corrected chi connectivity index (χ0v) is 16.2. The van der Waals surface area contributed by atoms with Crippen molar-refractivity contribution in [3.05, 3.63) is 65.9 Å². The van der Waals surface area contributed by atoms with Crippen LogP contribution in [0, 0.1) is 11.8 Å². The third kappa shape index (κ3) is 3.19. The predicted molar refractivity (Wildman–Crippen MR) is 104 cm³/mol. The monoisotopic (exact) mass is 392 g/mol. The van der Waals surface area contributed by atoms with Crippen LogP contribution in [0.3, 0.4) is 0 Å². The molecule has 1 amide bonds. The molecule has 3 unspecified atom stereocenters. The van der Waals surface area contributed by atoms with Gasteiger partial charge in [0.2, 0.25) is 5.91 Å². The zero-order chi connectivity index (χ0) is 20.7. The zero-order valence-electron chi connectivity index (χ0n) is 16.2. The van der Waals surface area contributed by atoms with Gasteiger partial charge in [0, 0.05) is 5.92 Å². The third-order valence-electron chi connectivity index (χ3n) is 5.84. The van der Waals surface area contributed by atoms with Crippen LogP contribution in [0.1, 0.15) is 13.8 Å². The average molecular weight is 392 g/mol. The molecule has 1 N–H and O–H groups in total. The van der Waals surface area contributed by atoms with Crippen LogP contribution in [0.2, 0.25) is 0 Å². The standard InChI is InChI=1S/C23H23NO5/c1-13-18(21(23(27)28)24-20(13)19(14(2)25)22(24)26)12-29-17-10-6-9-16(11-17)15-7-4-3-5-8-15/h3-11,13-14,19-20,25H,12H2,1-2H3,(H,27,28)/p-1/t13-,14?,19?,20?/m0/s1. The summed E-state index contributed by atoms with van der Waals surface area (Å²) in [5.41, 5.74) is 2.43. The molecule has 2 aromatic rings. The Balaban J connectivity index is 1.57. The van der Waals surface area contributed by atoms with Crippen LogP contribution in [-0.2, 0) is 9.59 Å². The van der Waals surface area contributed by atoms with Gasteiger partial charge in [0.15, 0.2) is 0 Å². The molecular weight excluding hydrogens is 370 g/mol. The number of nitrogens with zero attached hydrogens (tertiary/aromatic N) is 1. The molecule has 2 aliphatic heterocycles. The first-order chi connectivity index (χ1) is 13.9. The van der Waals surface area contributed by atoms with Crippen molar-refractivity contribution in [3.8, 4) is 16.9 Å². The van der Waals surface area contributed by atoms with Crippen molar-refractivity contribution >= 4 is 11.9 Å². The summed E-state index contributed by atoms with van der Waals surface area (Å²) in [6.45, 7) is 3.44. The van der Waals surface area contributed by atoms with E-state index in [-0.39, 0.29) is 30.2 Å². The van der Waals surface area contributed by atoms with E-state index < -0.39 is 18.0 Å². The van der Waals surface area contributed by atoms with Crippen LogP contribution in [0.15, 0.2) is 65.9 Å². The molecule has 2 heterocycles. The molecule has 0 spiro atoms. The number of hydrogen-bond donors (Lipinski definition) is 1. The number of benzene rings is 2. The summed E-state index contributed by atoms with van der Waals surface area (Å²) in [6.07, 6.45) is -0.836. The molecule has 1 fully saturated rings. The number of rotatable bonds is 6. The molecule has 0 aliphatic carbocycles. The van der Waals surface area contributed by atoms with Gasteiger partial charge < -0.3 is 24.6 Å². The van der Waals surface area contributed by atoms with Crippen molar-refractivity contribution < 1.29 is 24.5 Å². The second-order valence-corrected chi connectivity index (χ2v) is 7.60. The topological polar surface area (TPSA) is 89.9 Å². The Kier molecular flexibility index (Phi) is 4.88. The van der Waals surface area contributed by atoms with Crippen LogP contribution in [0.5, 0.6) is 5.75 Å². The van der Waals surface area contributed by atoms with Crippen molar-refractivity contribution in [2.45, 2.75) is 26.0 Å². The lowest BCUT2D eigenvalue weighted by Crippen LogP contribution is -2.64. The second kappa shape index (κ2) is 7.37. The fourth-order valence-electron chi connectivity index (χ4n) is 4.38. The summed E-state index contributed by atoms with van der Waals surface area (Å²) < 4.78 is 5.91. The lowest BCUT2D eigenvalue weighted by molar-refractivity contribution is -0.301. The van der Waals surface area contributed by atoms with E-state index in [0.717, 1.165) is 11.1 Å². The maximum Gasteiger partial charge on any atom is 0.235 e. The van der Waals surface area contributed by atoms with Crippen LogP contribution < -0.4 is 9.84 Å². The van der Waals surface area contributed by atoms with Gasteiger partial charge in [0.05, 0.1) is 29.7 Å². The SMILES string of the molecule is CC(O)C1C(=O)N2C(C(=O)[O-])=C(COc3cccc(-c4ccccc4)c3)[C@H](C)C12. The highest BCUT2D eigenvalue weighted by molar-refractivity contribution is 5.99. The number of carbonyl (C=O) groups excluding carboxylic acids is 2. The highest BCUT2D eigenvalue weighted by Gasteiger charge is 2.58. The van der Waals surface area contributed by atoms with Crippen LogP contribution >= 0.6 is 0 Å². The molecule has 4 rings (SSSR count). The van der Waals surface area contributed by atoms with Gasteiger partial charge in [-0.05, 0) is 35.8 Å². The van der Waals surface area contributed by atoms with Crippen molar-refractivity contribution in [2.24, 2.45) is 11.8 Å². The molecule has 6 heteroatoms. The minimum absolute atomic E-state index is 0.0372. The minimum Gasteiger partial charge on any atom is -0.543 e. The van der Waals surface area contributed by atoms with E-state index in [0.29, 0.717) is 11.3 Å². The number of β-lactam (4-membered cyclic amide) rings is 1. The van der Waals surface area contributed by atoms with Crippen molar-refractivity contribution in [1.82, 2.24) is 4.90 Å². The average Bonchev–Trinajstić information content (AvgIpc) is 2.95. The maximum atomic E-state index is 12.4. The molecule has 150 valence electrons. The third-order valence-corrected chi connectivity index (χ3v) is 5.84. The lowest BCUT2D eigenvalue weighted by Gasteiger charge is -2.47. The smallest absolute Gasteiger partial charge is 0.235 e. The number of hydrogen-bond acceptors (Lipinski definition) is 5. The number of aliphatic hydroxyl groups is 1. The van der Waals surface area contributed by atoms with E-state index in [2.05, 4.69) is 0 Å². The van der Waals surface area contributed by atoms with Crippen LogP contribution in [0.4, 0.5) is 0 Å². The van der Waals surface area contributed by atoms with E-state index in [4.69, 9.17) is 4.74 Å².